The van der Waals surface area contributed by atoms with Gasteiger partial charge in [0.1, 0.15) is 6.61 Å². The van der Waals surface area contributed by atoms with Gasteiger partial charge in [-0.25, -0.2) is 4.39 Å². The Morgan fingerprint density at radius 1 is 1.62 bits per heavy atom. The minimum atomic E-state index is -0.781. The van der Waals surface area contributed by atoms with E-state index < -0.39 is 22.2 Å². The first-order chi connectivity index (χ1) is 7.56. The van der Waals surface area contributed by atoms with Gasteiger partial charge in [0, 0.05) is 11.9 Å². The Morgan fingerprint density at radius 3 is 2.88 bits per heavy atom. The largest absolute Gasteiger partial charge is 0.480 e. The minimum Gasteiger partial charge on any atom is -0.480 e. The predicted octanol–water partition coefficient (Wildman–Crippen LogP) is 2.91. The van der Waals surface area contributed by atoms with Crippen LogP contribution >= 0.6 is 11.6 Å². The summed E-state index contributed by atoms with van der Waals surface area (Å²) >= 11 is 5.45. The molecule has 0 aliphatic rings. The van der Waals surface area contributed by atoms with Gasteiger partial charge in [-0.2, -0.15) is 0 Å². The lowest BCUT2D eigenvalue weighted by molar-refractivity contribution is -0.386. The van der Waals surface area contributed by atoms with Crippen LogP contribution in [0.3, 0.4) is 0 Å². The Balaban J connectivity index is 2.93. The molecule has 1 rings (SSSR count). The number of hydrogen-bond donors (Lipinski definition) is 0. The van der Waals surface area contributed by atoms with Crippen LogP contribution in [0.1, 0.15) is 0 Å². The average molecular weight is 246 g/mol. The van der Waals surface area contributed by atoms with E-state index in [0.29, 0.717) is 5.57 Å². The number of nitro groups is 1. The quantitative estimate of drug-likeness (QED) is 0.347. The standard InChI is InChI=1S/C10H9ClFNO3/c1-7(5-11)6-16-10-8(12)3-2-4-9(10)13(14)15/h2-4H,1,5-6H2. The van der Waals surface area contributed by atoms with Crippen molar-refractivity contribution >= 4 is 17.3 Å². The van der Waals surface area contributed by atoms with Gasteiger partial charge in [0.15, 0.2) is 5.82 Å². The molecule has 0 N–H and O–H groups in total. The highest BCUT2D eigenvalue weighted by Gasteiger charge is 2.19. The highest BCUT2D eigenvalue weighted by molar-refractivity contribution is 6.19. The minimum absolute atomic E-state index is 0.0503. The van der Waals surface area contributed by atoms with E-state index in [2.05, 4.69) is 6.58 Å². The third kappa shape index (κ3) is 2.93. The predicted molar refractivity (Wildman–Crippen MR) is 58.4 cm³/mol. The summed E-state index contributed by atoms with van der Waals surface area (Å²) in [5.74, 6) is -1.02. The summed E-state index contributed by atoms with van der Waals surface area (Å²) in [7, 11) is 0. The molecular weight excluding hydrogens is 237 g/mol. The zero-order valence-electron chi connectivity index (χ0n) is 8.28. The Morgan fingerprint density at radius 2 is 2.31 bits per heavy atom. The maximum Gasteiger partial charge on any atom is 0.314 e. The van der Waals surface area contributed by atoms with E-state index in [-0.39, 0.29) is 12.5 Å². The molecule has 0 saturated heterocycles. The smallest absolute Gasteiger partial charge is 0.314 e. The van der Waals surface area contributed by atoms with Gasteiger partial charge >= 0.3 is 5.69 Å². The molecule has 0 aliphatic carbocycles. The van der Waals surface area contributed by atoms with Crippen molar-refractivity contribution in [1.29, 1.82) is 0 Å². The van der Waals surface area contributed by atoms with Crippen LogP contribution in [0.25, 0.3) is 0 Å². The van der Waals surface area contributed by atoms with Crippen LogP contribution in [0.4, 0.5) is 10.1 Å². The molecule has 0 fully saturated rings. The van der Waals surface area contributed by atoms with Gasteiger partial charge < -0.3 is 4.74 Å². The van der Waals surface area contributed by atoms with Gasteiger partial charge in [0.25, 0.3) is 0 Å². The van der Waals surface area contributed by atoms with Gasteiger partial charge in [-0.15, -0.1) is 11.6 Å². The van der Waals surface area contributed by atoms with Crippen LogP contribution in [0.2, 0.25) is 0 Å². The molecule has 6 heteroatoms. The summed E-state index contributed by atoms with van der Waals surface area (Å²) in [5.41, 5.74) is 0.0987. The SMILES string of the molecule is C=C(CCl)COc1c(F)cccc1[N+](=O)[O-]. The lowest BCUT2D eigenvalue weighted by atomic mass is 10.3. The van der Waals surface area contributed by atoms with Gasteiger partial charge in [-0.05, 0) is 11.6 Å². The van der Waals surface area contributed by atoms with Crippen molar-refractivity contribution < 1.29 is 14.1 Å². The fourth-order valence-corrected chi connectivity index (χ4v) is 1.07. The number of para-hydroxylation sites is 1. The average Bonchev–Trinajstić information content (AvgIpc) is 2.26. The second kappa shape index (κ2) is 5.46. The summed E-state index contributed by atoms with van der Waals surface area (Å²) in [6, 6.07) is 3.50. The Kier molecular flexibility index (Phi) is 4.25. The first-order valence-corrected chi connectivity index (χ1v) is 4.88. The number of ether oxygens (including phenoxy) is 1. The molecule has 0 saturated carbocycles. The first-order valence-electron chi connectivity index (χ1n) is 4.34. The fourth-order valence-electron chi connectivity index (χ4n) is 0.997. The van der Waals surface area contributed by atoms with Gasteiger partial charge in [-0.1, -0.05) is 12.6 Å². The van der Waals surface area contributed by atoms with E-state index in [1.807, 2.05) is 0 Å². The summed E-state index contributed by atoms with van der Waals surface area (Å²) in [6.45, 7) is 3.49. The van der Waals surface area contributed by atoms with E-state index >= 15 is 0 Å². The van der Waals surface area contributed by atoms with E-state index in [9.17, 15) is 14.5 Å². The van der Waals surface area contributed by atoms with Gasteiger partial charge in [-0.3, -0.25) is 10.1 Å². The summed E-state index contributed by atoms with van der Waals surface area (Å²) in [5, 5.41) is 10.6. The van der Waals surface area contributed by atoms with Crippen LogP contribution in [-0.4, -0.2) is 17.4 Å². The summed E-state index contributed by atoms with van der Waals surface area (Å²) in [4.78, 5) is 9.89. The van der Waals surface area contributed by atoms with E-state index in [1.54, 1.807) is 0 Å². The zero-order valence-corrected chi connectivity index (χ0v) is 9.04. The molecule has 0 aliphatic heterocycles. The van der Waals surface area contributed by atoms with Crippen molar-refractivity contribution in [2.75, 3.05) is 12.5 Å². The van der Waals surface area contributed by atoms with E-state index in [1.165, 1.54) is 12.1 Å². The molecule has 1 aromatic rings. The number of hydrogen-bond acceptors (Lipinski definition) is 3. The first kappa shape index (κ1) is 12.4. The fraction of sp³-hybridized carbons (Fsp3) is 0.200. The van der Waals surface area contributed by atoms with Crippen LogP contribution in [0, 0.1) is 15.9 Å². The van der Waals surface area contributed by atoms with Crippen LogP contribution in [-0.2, 0) is 0 Å². The molecule has 0 aromatic heterocycles. The highest BCUT2D eigenvalue weighted by Crippen LogP contribution is 2.29. The molecule has 0 unspecified atom stereocenters. The van der Waals surface area contributed by atoms with Crippen molar-refractivity contribution in [1.82, 2.24) is 0 Å². The third-order valence-corrected chi connectivity index (χ3v) is 2.13. The molecule has 0 heterocycles. The molecule has 0 bridgehead atoms. The van der Waals surface area contributed by atoms with Crippen molar-refractivity contribution in [2.24, 2.45) is 0 Å². The van der Waals surface area contributed by atoms with Crippen LogP contribution < -0.4 is 4.74 Å². The van der Waals surface area contributed by atoms with Crippen molar-refractivity contribution in [2.45, 2.75) is 0 Å². The molecule has 0 atom stereocenters. The number of nitro benzene ring substituents is 1. The molecule has 0 spiro atoms. The highest BCUT2D eigenvalue weighted by atomic mass is 35.5. The van der Waals surface area contributed by atoms with Crippen molar-refractivity contribution in [3.8, 4) is 5.75 Å². The van der Waals surface area contributed by atoms with E-state index in [0.717, 1.165) is 6.07 Å². The van der Waals surface area contributed by atoms with Crippen LogP contribution in [0.15, 0.2) is 30.4 Å². The maximum absolute atomic E-state index is 13.3. The van der Waals surface area contributed by atoms with Crippen molar-refractivity contribution in [3.05, 3.63) is 46.3 Å². The molecule has 4 nitrogen and oxygen atoms in total. The molecule has 0 amide bonds. The maximum atomic E-state index is 13.3. The Bertz CT molecular complexity index is 423. The second-order valence-electron chi connectivity index (χ2n) is 3.02. The van der Waals surface area contributed by atoms with Gasteiger partial charge in [0.2, 0.25) is 5.75 Å². The number of alkyl halides is 1. The second-order valence-corrected chi connectivity index (χ2v) is 3.28. The Labute approximate surface area is 96.4 Å². The van der Waals surface area contributed by atoms with Crippen molar-refractivity contribution in [3.63, 3.8) is 0 Å². The molecule has 1 aromatic carbocycles. The third-order valence-electron chi connectivity index (χ3n) is 1.75. The topological polar surface area (TPSA) is 52.4 Å². The lowest BCUT2D eigenvalue weighted by Gasteiger charge is -2.07. The number of rotatable bonds is 5. The number of nitrogens with zero attached hydrogens (tertiary/aromatic N) is 1. The normalized spacial score (nSPS) is 9.88. The van der Waals surface area contributed by atoms with Crippen LogP contribution in [0.5, 0.6) is 5.75 Å². The Hall–Kier alpha value is -1.62. The van der Waals surface area contributed by atoms with E-state index in [4.69, 9.17) is 16.3 Å². The molecular formula is C10H9ClFNO3. The zero-order chi connectivity index (χ0) is 12.1. The molecule has 86 valence electrons. The molecule has 0 radical (unpaired) electrons. The summed E-state index contributed by atoms with van der Waals surface area (Å²) < 4.78 is 18.3. The molecule has 16 heavy (non-hydrogen) atoms. The van der Waals surface area contributed by atoms with Gasteiger partial charge in [0.05, 0.1) is 4.92 Å². The lowest BCUT2D eigenvalue weighted by Crippen LogP contribution is -2.05. The number of benzene rings is 1. The monoisotopic (exact) mass is 245 g/mol. The summed E-state index contributed by atoms with van der Waals surface area (Å²) in [6.07, 6.45) is 0. The number of halogens is 2.